The van der Waals surface area contributed by atoms with Gasteiger partial charge in [-0.1, -0.05) is 23.7 Å². The molecule has 0 aromatic heterocycles. The predicted molar refractivity (Wildman–Crippen MR) is 104 cm³/mol. The zero-order chi connectivity index (χ0) is 19.5. The highest BCUT2D eigenvalue weighted by Gasteiger charge is 2.22. The van der Waals surface area contributed by atoms with Gasteiger partial charge in [0.05, 0.1) is 10.6 Å². The molecule has 0 aliphatic heterocycles. The van der Waals surface area contributed by atoms with E-state index in [1.165, 1.54) is 12.1 Å². The van der Waals surface area contributed by atoms with Crippen molar-refractivity contribution in [2.24, 2.45) is 5.73 Å². The number of halogens is 1. The molecule has 0 bridgehead atoms. The second-order valence-corrected chi connectivity index (χ2v) is 8.73. The van der Waals surface area contributed by atoms with Crippen molar-refractivity contribution in [1.29, 1.82) is 0 Å². The Bertz CT molecular complexity index is 927. The molecule has 0 fully saturated rings. The minimum atomic E-state index is -3.88. The van der Waals surface area contributed by atoms with Gasteiger partial charge in [-0.3, -0.25) is 9.52 Å². The lowest BCUT2D eigenvalue weighted by molar-refractivity contribution is 0.0915. The first-order chi connectivity index (χ1) is 12.0. The highest BCUT2D eigenvalue weighted by molar-refractivity contribution is 7.92. The van der Waals surface area contributed by atoms with Crippen LogP contribution in [0.1, 0.15) is 29.8 Å². The third kappa shape index (κ3) is 4.97. The van der Waals surface area contributed by atoms with Gasteiger partial charge in [0.2, 0.25) is 0 Å². The number of hydrogen-bond acceptors (Lipinski definition) is 4. The summed E-state index contributed by atoms with van der Waals surface area (Å²) in [6.07, 6.45) is 0. The Morgan fingerprint density at radius 1 is 1.19 bits per heavy atom. The number of hydrogen-bond donors (Lipinski definition) is 3. The van der Waals surface area contributed by atoms with Gasteiger partial charge in [-0.05, 0) is 56.7 Å². The molecule has 2 aromatic rings. The number of nitrogens with two attached hydrogens (primary N) is 1. The summed E-state index contributed by atoms with van der Waals surface area (Å²) in [5.74, 6) is -0.389. The van der Waals surface area contributed by atoms with Gasteiger partial charge in [-0.25, -0.2) is 8.42 Å². The lowest BCUT2D eigenvalue weighted by atomic mass is 10.0. The van der Waals surface area contributed by atoms with Gasteiger partial charge in [0.1, 0.15) is 0 Å². The smallest absolute Gasteiger partial charge is 0.262 e. The number of amides is 1. The van der Waals surface area contributed by atoms with Crippen LogP contribution in [0.2, 0.25) is 5.02 Å². The van der Waals surface area contributed by atoms with E-state index in [0.717, 1.165) is 0 Å². The highest BCUT2D eigenvalue weighted by Crippen LogP contribution is 2.23. The molecule has 26 heavy (non-hydrogen) atoms. The maximum absolute atomic E-state index is 12.7. The Hall–Kier alpha value is -2.09. The van der Waals surface area contributed by atoms with Crippen molar-refractivity contribution in [3.8, 4) is 0 Å². The van der Waals surface area contributed by atoms with Crippen LogP contribution in [0, 0.1) is 6.92 Å². The van der Waals surface area contributed by atoms with Gasteiger partial charge in [0.15, 0.2) is 0 Å². The van der Waals surface area contributed by atoms with Gasteiger partial charge in [-0.2, -0.15) is 0 Å². The Kier molecular flexibility index (Phi) is 5.95. The molecule has 0 aliphatic rings. The SMILES string of the molecule is Cc1ccc(C(=O)NC(C)(C)CN)cc1S(=O)(=O)Nc1cccc(Cl)c1. The molecule has 4 N–H and O–H groups in total. The van der Waals surface area contributed by atoms with Crippen LogP contribution in [0.5, 0.6) is 0 Å². The van der Waals surface area contributed by atoms with Gasteiger partial charge >= 0.3 is 0 Å². The largest absolute Gasteiger partial charge is 0.346 e. The minimum Gasteiger partial charge on any atom is -0.346 e. The lowest BCUT2D eigenvalue weighted by Crippen LogP contribution is -2.48. The van der Waals surface area contributed by atoms with E-state index in [0.29, 0.717) is 16.3 Å². The molecule has 6 nitrogen and oxygen atoms in total. The Morgan fingerprint density at radius 2 is 1.88 bits per heavy atom. The molecule has 140 valence electrons. The minimum absolute atomic E-state index is 0.0238. The molecule has 0 radical (unpaired) electrons. The average molecular weight is 396 g/mol. The average Bonchev–Trinajstić information content (AvgIpc) is 2.54. The molecule has 8 heteroatoms. The number of aryl methyl sites for hydroxylation is 1. The third-order valence-corrected chi connectivity index (χ3v) is 5.54. The molecule has 2 aromatic carbocycles. The molecule has 0 saturated heterocycles. The van der Waals surface area contributed by atoms with Crippen LogP contribution in [0.3, 0.4) is 0 Å². The number of rotatable bonds is 6. The molecule has 0 unspecified atom stereocenters. The van der Waals surface area contributed by atoms with Crippen LogP contribution >= 0.6 is 11.6 Å². The maximum atomic E-state index is 12.7. The molecule has 1 amide bonds. The maximum Gasteiger partial charge on any atom is 0.262 e. The van der Waals surface area contributed by atoms with Crippen molar-refractivity contribution in [2.45, 2.75) is 31.2 Å². The Morgan fingerprint density at radius 3 is 2.50 bits per heavy atom. The third-order valence-electron chi connectivity index (χ3n) is 3.78. The summed E-state index contributed by atoms with van der Waals surface area (Å²) in [6, 6.07) is 10.9. The standard InChI is InChI=1S/C18H22ClN3O3S/c1-12-7-8-13(17(23)21-18(2,3)11-20)9-16(12)26(24,25)22-15-6-4-5-14(19)10-15/h4-10,22H,11,20H2,1-3H3,(H,21,23). The number of anilines is 1. The van der Waals surface area contributed by atoms with E-state index in [-0.39, 0.29) is 22.9 Å². The molecule has 0 heterocycles. The van der Waals surface area contributed by atoms with Gasteiger partial charge in [0.25, 0.3) is 15.9 Å². The van der Waals surface area contributed by atoms with Crippen LogP contribution in [0.25, 0.3) is 0 Å². The van der Waals surface area contributed by atoms with E-state index in [2.05, 4.69) is 10.0 Å². The number of carbonyl (C=O) groups is 1. The summed E-state index contributed by atoms with van der Waals surface area (Å²) >= 11 is 5.90. The molecule has 2 rings (SSSR count). The van der Waals surface area contributed by atoms with Crippen LogP contribution in [0.4, 0.5) is 5.69 Å². The molecule has 0 saturated carbocycles. The van der Waals surface area contributed by atoms with Crippen molar-refractivity contribution in [3.63, 3.8) is 0 Å². The van der Waals surface area contributed by atoms with Crippen LogP contribution in [-0.2, 0) is 10.0 Å². The fourth-order valence-corrected chi connectivity index (χ4v) is 3.74. The second kappa shape index (κ2) is 7.65. The molecule has 0 aliphatic carbocycles. The molecule has 0 atom stereocenters. The van der Waals surface area contributed by atoms with Crippen LogP contribution < -0.4 is 15.8 Å². The summed E-state index contributed by atoms with van der Waals surface area (Å²) in [6.45, 7) is 5.50. The molecule has 0 spiro atoms. The number of sulfonamides is 1. The quantitative estimate of drug-likeness (QED) is 0.699. The van der Waals surface area contributed by atoms with Crippen molar-refractivity contribution in [3.05, 3.63) is 58.6 Å². The summed E-state index contributed by atoms with van der Waals surface area (Å²) in [4.78, 5) is 12.4. The van der Waals surface area contributed by atoms with Crippen LogP contribution in [-0.4, -0.2) is 26.4 Å². The van der Waals surface area contributed by atoms with E-state index >= 15 is 0 Å². The molecular formula is C18H22ClN3O3S. The fraction of sp³-hybridized carbons (Fsp3) is 0.278. The van der Waals surface area contributed by atoms with E-state index < -0.39 is 15.6 Å². The molecular weight excluding hydrogens is 374 g/mol. The first-order valence-corrected chi connectivity index (χ1v) is 9.82. The van der Waals surface area contributed by atoms with Crippen molar-refractivity contribution < 1.29 is 13.2 Å². The normalized spacial score (nSPS) is 11.9. The van der Waals surface area contributed by atoms with Gasteiger partial charge in [-0.15, -0.1) is 0 Å². The zero-order valence-corrected chi connectivity index (χ0v) is 16.4. The monoisotopic (exact) mass is 395 g/mol. The summed E-state index contributed by atoms with van der Waals surface area (Å²) in [7, 11) is -3.88. The predicted octanol–water partition coefficient (Wildman–Crippen LogP) is 2.92. The first-order valence-electron chi connectivity index (χ1n) is 7.96. The van der Waals surface area contributed by atoms with Crippen molar-refractivity contribution >= 4 is 33.2 Å². The Balaban J connectivity index is 2.35. The van der Waals surface area contributed by atoms with E-state index in [1.807, 2.05) is 0 Å². The number of carbonyl (C=O) groups excluding carboxylic acids is 1. The summed E-state index contributed by atoms with van der Waals surface area (Å²) in [5, 5.41) is 3.20. The second-order valence-electron chi connectivity index (χ2n) is 6.64. The summed E-state index contributed by atoms with van der Waals surface area (Å²) in [5.41, 5.74) is 6.13. The lowest BCUT2D eigenvalue weighted by Gasteiger charge is -2.24. The topological polar surface area (TPSA) is 101 Å². The zero-order valence-electron chi connectivity index (χ0n) is 14.8. The Labute approximate surface area is 158 Å². The van der Waals surface area contributed by atoms with Gasteiger partial charge in [0, 0.05) is 22.7 Å². The van der Waals surface area contributed by atoms with E-state index in [4.69, 9.17) is 17.3 Å². The first kappa shape index (κ1) is 20.2. The van der Waals surface area contributed by atoms with E-state index in [1.54, 1.807) is 51.1 Å². The number of benzene rings is 2. The highest BCUT2D eigenvalue weighted by atomic mass is 35.5. The van der Waals surface area contributed by atoms with Crippen molar-refractivity contribution in [1.82, 2.24) is 5.32 Å². The number of nitrogens with one attached hydrogen (secondary N) is 2. The van der Waals surface area contributed by atoms with E-state index in [9.17, 15) is 13.2 Å². The van der Waals surface area contributed by atoms with Crippen LogP contribution in [0.15, 0.2) is 47.4 Å². The summed E-state index contributed by atoms with van der Waals surface area (Å²) < 4.78 is 28.0. The fourth-order valence-electron chi connectivity index (χ4n) is 2.22. The van der Waals surface area contributed by atoms with Gasteiger partial charge < -0.3 is 11.1 Å². The van der Waals surface area contributed by atoms with Crippen molar-refractivity contribution in [2.75, 3.05) is 11.3 Å².